The Morgan fingerprint density at radius 2 is 2.26 bits per heavy atom. The van der Waals surface area contributed by atoms with E-state index < -0.39 is 16.4 Å². The Kier molecular flexibility index (Phi) is 3.82. The third kappa shape index (κ3) is 3.30. The van der Waals surface area contributed by atoms with Crippen LogP contribution >= 0.6 is 0 Å². The largest absolute Gasteiger partial charge is 0.388 e. The summed E-state index contributed by atoms with van der Waals surface area (Å²) >= 11 is 0. The van der Waals surface area contributed by atoms with E-state index in [9.17, 15) is 20.0 Å². The Hall–Kier alpha value is -1.93. The maximum absolute atomic E-state index is 11.8. The molecule has 2 rings (SSSR count). The maximum Gasteiger partial charge on any atom is 0.287 e. The molecule has 19 heavy (non-hydrogen) atoms. The first-order chi connectivity index (χ1) is 9.00. The van der Waals surface area contributed by atoms with Crippen molar-refractivity contribution in [1.29, 1.82) is 0 Å². The number of nitrogens with zero attached hydrogens (tertiary/aromatic N) is 1. The zero-order valence-corrected chi connectivity index (χ0v) is 10.2. The summed E-state index contributed by atoms with van der Waals surface area (Å²) in [6, 6.07) is 1.16. The van der Waals surface area contributed by atoms with Gasteiger partial charge in [-0.25, -0.2) is 0 Å². The predicted octanol–water partition coefficient (Wildman–Crippen LogP) is 0.194. The molecule has 1 aromatic heterocycles. The highest BCUT2D eigenvalue weighted by molar-refractivity contribution is 5.93. The lowest BCUT2D eigenvalue weighted by atomic mass is 9.94. The van der Waals surface area contributed by atoms with Gasteiger partial charge >= 0.3 is 0 Å². The Bertz CT molecular complexity index is 478. The molecule has 1 aliphatic rings. The van der Waals surface area contributed by atoms with E-state index in [1.807, 2.05) is 0 Å². The number of H-pyrrole nitrogens is 1. The monoisotopic (exact) mass is 269 g/mol. The van der Waals surface area contributed by atoms with Gasteiger partial charge in [0, 0.05) is 38.7 Å². The summed E-state index contributed by atoms with van der Waals surface area (Å²) in [4.78, 5) is 24.2. The topological polar surface area (TPSA) is 117 Å². The number of aromatic amines is 1. The number of aliphatic hydroxyl groups is 1. The first kappa shape index (κ1) is 13.5. The minimum Gasteiger partial charge on any atom is -0.388 e. The first-order valence-electron chi connectivity index (χ1n) is 5.91. The van der Waals surface area contributed by atoms with Crippen molar-refractivity contribution < 1.29 is 19.6 Å². The minimum atomic E-state index is -0.966. The van der Waals surface area contributed by atoms with Gasteiger partial charge in [-0.3, -0.25) is 14.9 Å². The third-order valence-electron chi connectivity index (χ3n) is 3.12. The second-order valence-corrected chi connectivity index (χ2v) is 4.55. The van der Waals surface area contributed by atoms with Gasteiger partial charge in [-0.1, -0.05) is 0 Å². The molecular weight excluding hydrogens is 254 g/mol. The van der Waals surface area contributed by atoms with Crippen LogP contribution in [0.15, 0.2) is 12.3 Å². The molecule has 1 fully saturated rings. The van der Waals surface area contributed by atoms with E-state index in [1.54, 1.807) is 0 Å². The zero-order valence-electron chi connectivity index (χ0n) is 10.2. The fraction of sp³-hybridized carbons (Fsp3) is 0.545. The molecule has 0 radical (unpaired) electrons. The molecule has 8 nitrogen and oxygen atoms in total. The molecule has 8 heteroatoms. The predicted molar refractivity (Wildman–Crippen MR) is 64.8 cm³/mol. The highest BCUT2D eigenvalue weighted by Gasteiger charge is 2.30. The van der Waals surface area contributed by atoms with Crippen LogP contribution in [0.1, 0.15) is 23.3 Å². The summed E-state index contributed by atoms with van der Waals surface area (Å²) in [7, 11) is 0. The van der Waals surface area contributed by atoms with Crippen molar-refractivity contribution in [3.05, 3.63) is 28.1 Å². The lowest BCUT2D eigenvalue weighted by Gasteiger charge is -2.31. The molecule has 2 heterocycles. The average molecular weight is 269 g/mol. The Balaban J connectivity index is 1.91. The van der Waals surface area contributed by atoms with E-state index >= 15 is 0 Å². The molecule has 1 aliphatic heterocycles. The van der Waals surface area contributed by atoms with E-state index in [1.165, 1.54) is 0 Å². The number of rotatable bonds is 4. The van der Waals surface area contributed by atoms with Crippen molar-refractivity contribution in [3.63, 3.8) is 0 Å². The normalized spacial score (nSPS) is 17.9. The number of amides is 1. The van der Waals surface area contributed by atoms with Gasteiger partial charge in [0.05, 0.1) is 16.7 Å². The summed E-state index contributed by atoms with van der Waals surface area (Å²) < 4.78 is 5.13. The molecule has 1 saturated heterocycles. The zero-order chi connectivity index (χ0) is 13.9. The molecule has 1 aromatic rings. The SMILES string of the molecule is O=C(NCC1(O)CCOCC1)c1cc([N+](=O)[O-])c[nH]1. The van der Waals surface area contributed by atoms with E-state index in [4.69, 9.17) is 4.74 Å². The number of aromatic nitrogens is 1. The maximum atomic E-state index is 11.8. The van der Waals surface area contributed by atoms with Gasteiger partial charge in [-0.2, -0.15) is 0 Å². The number of ether oxygens (including phenoxy) is 1. The lowest BCUT2D eigenvalue weighted by Crippen LogP contribution is -2.46. The number of carbonyl (C=O) groups is 1. The van der Waals surface area contributed by atoms with Gasteiger partial charge in [-0.15, -0.1) is 0 Å². The standard InChI is InChI=1S/C11H15N3O5/c15-10(9-5-8(6-12-9)14(17)18)13-7-11(16)1-3-19-4-2-11/h5-6,12,16H,1-4,7H2,(H,13,15). The lowest BCUT2D eigenvalue weighted by molar-refractivity contribution is -0.384. The quantitative estimate of drug-likeness (QED) is 0.533. The van der Waals surface area contributed by atoms with Gasteiger partial charge in [0.25, 0.3) is 11.6 Å². The number of nitrogens with one attached hydrogen (secondary N) is 2. The van der Waals surface area contributed by atoms with Crippen molar-refractivity contribution >= 4 is 11.6 Å². The average Bonchev–Trinajstić information content (AvgIpc) is 2.87. The van der Waals surface area contributed by atoms with Gasteiger partial charge in [0.15, 0.2) is 0 Å². The minimum absolute atomic E-state index is 0.0992. The Labute approximate surface area is 108 Å². The van der Waals surface area contributed by atoms with Crippen molar-refractivity contribution in [2.24, 2.45) is 0 Å². The summed E-state index contributed by atoms with van der Waals surface area (Å²) in [6.45, 7) is 1.02. The van der Waals surface area contributed by atoms with Crippen molar-refractivity contribution in [2.45, 2.75) is 18.4 Å². The molecule has 0 unspecified atom stereocenters. The van der Waals surface area contributed by atoms with Crippen molar-refractivity contribution in [3.8, 4) is 0 Å². The molecule has 3 N–H and O–H groups in total. The van der Waals surface area contributed by atoms with Crippen LogP contribution in [0.5, 0.6) is 0 Å². The third-order valence-corrected chi connectivity index (χ3v) is 3.12. The molecule has 1 amide bonds. The number of carbonyl (C=O) groups excluding carboxylic acids is 1. The number of hydrogen-bond donors (Lipinski definition) is 3. The summed E-state index contributed by atoms with van der Waals surface area (Å²) in [5, 5.41) is 23.2. The van der Waals surface area contributed by atoms with Crippen LogP contribution in [-0.2, 0) is 4.74 Å². The summed E-state index contributed by atoms with van der Waals surface area (Å²) in [6.07, 6.45) is 2.06. The van der Waals surface area contributed by atoms with Crippen LogP contribution in [-0.4, -0.2) is 46.3 Å². The van der Waals surface area contributed by atoms with Gasteiger partial charge in [0.1, 0.15) is 5.69 Å². The molecule has 0 aromatic carbocycles. The second-order valence-electron chi connectivity index (χ2n) is 4.55. The van der Waals surface area contributed by atoms with Crippen LogP contribution in [0.2, 0.25) is 0 Å². The van der Waals surface area contributed by atoms with Crippen LogP contribution in [0.25, 0.3) is 0 Å². The van der Waals surface area contributed by atoms with Crippen LogP contribution in [0, 0.1) is 10.1 Å². The Morgan fingerprint density at radius 3 is 2.84 bits per heavy atom. The summed E-state index contributed by atoms with van der Waals surface area (Å²) in [5.41, 5.74) is -1.04. The van der Waals surface area contributed by atoms with Crippen molar-refractivity contribution in [2.75, 3.05) is 19.8 Å². The summed E-state index contributed by atoms with van der Waals surface area (Å²) in [5.74, 6) is -0.479. The van der Waals surface area contributed by atoms with Gasteiger partial charge < -0.3 is 20.1 Å². The smallest absolute Gasteiger partial charge is 0.287 e. The number of nitro groups is 1. The van der Waals surface area contributed by atoms with Crippen LogP contribution in [0.4, 0.5) is 5.69 Å². The molecular formula is C11H15N3O5. The van der Waals surface area contributed by atoms with E-state index in [2.05, 4.69) is 10.3 Å². The molecule has 0 bridgehead atoms. The van der Waals surface area contributed by atoms with Gasteiger partial charge in [-0.05, 0) is 0 Å². The molecule has 0 atom stereocenters. The number of hydrogen-bond acceptors (Lipinski definition) is 5. The fourth-order valence-electron chi connectivity index (χ4n) is 1.89. The van der Waals surface area contributed by atoms with Crippen molar-refractivity contribution in [1.82, 2.24) is 10.3 Å². The van der Waals surface area contributed by atoms with E-state index in [-0.39, 0.29) is 17.9 Å². The fourth-order valence-corrected chi connectivity index (χ4v) is 1.89. The van der Waals surface area contributed by atoms with E-state index in [0.717, 1.165) is 12.3 Å². The molecule has 0 spiro atoms. The first-order valence-corrected chi connectivity index (χ1v) is 5.91. The molecule has 0 aliphatic carbocycles. The molecule has 104 valence electrons. The second kappa shape index (κ2) is 5.37. The highest BCUT2D eigenvalue weighted by Crippen LogP contribution is 2.19. The van der Waals surface area contributed by atoms with Gasteiger partial charge in [0.2, 0.25) is 0 Å². The van der Waals surface area contributed by atoms with Crippen LogP contribution < -0.4 is 5.32 Å². The van der Waals surface area contributed by atoms with E-state index in [0.29, 0.717) is 26.1 Å². The molecule has 0 saturated carbocycles. The van der Waals surface area contributed by atoms with Crippen LogP contribution in [0.3, 0.4) is 0 Å². The highest BCUT2D eigenvalue weighted by atomic mass is 16.6. The Morgan fingerprint density at radius 1 is 1.58 bits per heavy atom.